The molecule has 1 aliphatic heterocycles. The average Bonchev–Trinajstić information content (AvgIpc) is 2.75. The number of rotatable bonds is 2. The lowest BCUT2D eigenvalue weighted by Crippen LogP contribution is -2.47. The standard InChI is InChI=1S/C11H16N2O2S.ClH/c1-8-2-3-10(16-8)11(14)13-4-5-15-9(6-12)7-13;/h2-3,9H,4-7,12H2,1H3;1H. The Labute approximate surface area is 111 Å². The molecule has 2 N–H and O–H groups in total. The maximum Gasteiger partial charge on any atom is 0.264 e. The number of hydrogen-bond donors (Lipinski definition) is 1. The van der Waals surface area contributed by atoms with Crippen molar-refractivity contribution in [1.82, 2.24) is 4.90 Å². The molecule has 1 aromatic heterocycles. The Kier molecular flexibility index (Phi) is 5.39. The van der Waals surface area contributed by atoms with Gasteiger partial charge < -0.3 is 15.4 Å². The number of thiophene rings is 1. The molecule has 0 aromatic carbocycles. The second-order valence-electron chi connectivity index (χ2n) is 3.89. The molecule has 0 spiro atoms. The SMILES string of the molecule is Cc1ccc(C(=O)N2CCOC(CN)C2)s1.Cl. The summed E-state index contributed by atoms with van der Waals surface area (Å²) < 4.78 is 5.43. The van der Waals surface area contributed by atoms with Crippen molar-refractivity contribution in [2.24, 2.45) is 5.73 Å². The van der Waals surface area contributed by atoms with Crippen LogP contribution >= 0.6 is 23.7 Å². The number of hydrogen-bond acceptors (Lipinski definition) is 4. The van der Waals surface area contributed by atoms with Gasteiger partial charge >= 0.3 is 0 Å². The highest BCUT2D eigenvalue weighted by atomic mass is 35.5. The molecule has 0 aliphatic carbocycles. The van der Waals surface area contributed by atoms with Gasteiger partial charge in [0, 0.05) is 24.5 Å². The first kappa shape index (κ1) is 14.4. The molecule has 0 bridgehead atoms. The van der Waals surface area contributed by atoms with E-state index < -0.39 is 0 Å². The quantitative estimate of drug-likeness (QED) is 0.885. The fourth-order valence-electron chi connectivity index (χ4n) is 1.75. The van der Waals surface area contributed by atoms with Crippen molar-refractivity contribution >= 4 is 29.7 Å². The minimum atomic E-state index is -0.0150. The van der Waals surface area contributed by atoms with Gasteiger partial charge in [0.2, 0.25) is 0 Å². The van der Waals surface area contributed by atoms with E-state index in [0.717, 1.165) is 9.75 Å². The highest BCUT2D eigenvalue weighted by Crippen LogP contribution is 2.18. The highest BCUT2D eigenvalue weighted by Gasteiger charge is 2.24. The van der Waals surface area contributed by atoms with Gasteiger partial charge in [0.15, 0.2) is 0 Å². The van der Waals surface area contributed by atoms with Gasteiger partial charge in [-0.15, -0.1) is 23.7 Å². The first-order chi connectivity index (χ1) is 7.70. The molecule has 1 aliphatic rings. The Balaban J connectivity index is 0.00000144. The predicted octanol–water partition coefficient (Wildman–Crippen LogP) is 1.28. The van der Waals surface area contributed by atoms with Crippen LogP contribution in [0.25, 0.3) is 0 Å². The number of carbonyl (C=O) groups is 1. The molecule has 1 saturated heterocycles. The summed E-state index contributed by atoms with van der Waals surface area (Å²) in [6, 6.07) is 3.86. The van der Waals surface area contributed by atoms with Crippen molar-refractivity contribution in [3.05, 3.63) is 21.9 Å². The summed E-state index contributed by atoms with van der Waals surface area (Å²) in [4.78, 5) is 15.9. The number of carbonyl (C=O) groups excluding carboxylic acids is 1. The molecule has 1 fully saturated rings. The largest absolute Gasteiger partial charge is 0.373 e. The van der Waals surface area contributed by atoms with Gasteiger partial charge in [-0.2, -0.15) is 0 Å². The molecule has 0 radical (unpaired) electrons. The first-order valence-corrected chi connectivity index (χ1v) is 6.19. The molecule has 1 atom stereocenters. The molecule has 96 valence electrons. The molecule has 1 aromatic rings. The molecule has 2 rings (SSSR count). The van der Waals surface area contributed by atoms with Crippen LogP contribution in [-0.2, 0) is 4.74 Å². The molecular formula is C11H17ClN2O2S. The lowest BCUT2D eigenvalue weighted by Gasteiger charge is -2.32. The van der Waals surface area contributed by atoms with E-state index in [1.54, 1.807) is 0 Å². The Morgan fingerprint density at radius 3 is 3.00 bits per heavy atom. The molecule has 2 heterocycles. The van der Waals surface area contributed by atoms with Crippen molar-refractivity contribution in [3.8, 4) is 0 Å². The Hall–Kier alpha value is -0.620. The van der Waals surface area contributed by atoms with Gasteiger partial charge in [0.25, 0.3) is 5.91 Å². The maximum atomic E-state index is 12.1. The van der Waals surface area contributed by atoms with E-state index in [9.17, 15) is 4.79 Å². The molecule has 1 amide bonds. The average molecular weight is 277 g/mol. The van der Waals surface area contributed by atoms with Crippen LogP contribution in [0.15, 0.2) is 12.1 Å². The fraction of sp³-hybridized carbons (Fsp3) is 0.545. The second-order valence-corrected chi connectivity index (χ2v) is 5.18. The summed E-state index contributed by atoms with van der Waals surface area (Å²) in [6.07, 6.45) is -0.0150. The monoisotopic (exact) mass is 276 g/mol. The number of nitrogens with zero attached hydrogens (tertiary/aromatic N) is 1. The third kappa shape index (κ3) is 3.42. The minimum absolute atomic E-state index is 0. The Morgan fingerprint density at radius 1 is 1.65 bits per heavy atom. The summed E-state index contributed by atoms with van der Waals surface area (Å²) >= 11 is 1.54. The summed E-state index contributed by atoms with van der Waals surface area (Å²) in [5.41, 5.74) is 5.55. The van der Waals surface area contributed by atoms with Gasteiger partial charge in [0.05, 0.1) is 17.6 Å². The normalized spacial score (nSPS) is 19.9. The van der Waals surface area contributed by atoms with Gasteiger partial charge in [-0.05, 0) is 19.1 Å². The lowest BCUT2D eigenvalue weighted by atomic mass is 10.2. The van der Waals surface area contributed by atoms with E-state index in [-0.39, 0.29) is 24.4 Å². The summed E-state index contributed by atoms with van der Waals surface area (Å²) in [5, 5.41) is 0. The third-order valence-corrected chi connectivity index (χ3v) is 3.63. The van der Waals surface area contributed by atoms with E-state index in [0.29, 0.717) is 26.2 Å². The zero-order valence-corrected chi connectivity index (χ0v) is 11.4. The van der Waals surface area contributed by atoms with Crippen LogP contribution in [0, 0.1) is 6.92 Å². The van der Waals surface area contributed by atoms with Gasteiger partial charge in [0.1, 0.15) is 0 Å². The zero-order valence-electron chi connectivity index (χ0n) is 9.72. The topological polar surface area (TPSA) is 55.6 Å². The number of halogens is 1. The number of ether oxygens (including phenoxy) is 1. The van der Waals surface area contributed by atoms with Crippen LogP contribution in [0.4, 0.5) is 0 Å². The molecule has 17 heavy (non-hydrogen) atoms. The van der Waals surface area contributed by atoms with E-state index in [4.69, 9.17) is 10.5 Å². The third-order valence-electron chi connectivity index (χ3n) is 2.64. The number of amides is 1. The second kappa shape index (κ2) is 6.35. The van der Waals surface area contributed by atoms with Crippen molar-refractivity contribution in [2.75, 3.05) is 26.2 Å². The highest BCUT2D eigenvalue weighted by molar-refractivity contribution is 7.13. The van der Waals surface area contributed by atoms with Crippen LogP contribution in [0.5, 0.6) is 0 Å². The number of aryl methyl sites for hydroxylation is 1. The lowest BCUT2D eigenvalue weighted by molar-refractivity contribution is -0.0165. The summed E-state index contributed by atoms with van der Waals surface area (Å²) in [5.74, 6) is 0.0971. The molecule has 1 unspecified atom stereocenters. The maximum absolute atomic E-state index is 12.1. The zero-order chi connectivity index (χ0) is 11.5. The molecule has 0 saturated carbocycles. The first-order valence-electron chi connectivity index (χ1n) is 5.38. The van der Waals surface area contributed by atoms with E-state index >= 15 is 0 Å². The summed E-state index contributed by atoms with van der Waals surface area (Å²) in [7, 11) is 0. The van der Waals surface area contributed by atoms with Crippen molar-refractivity contribution < 1.29 is 9.53 Å². The summed E-state index contributed by atoms with van der Waals surface area (Å²) in [6.45, 7) is 4.31. The Bertz CT molecular complexity index is 383. The van der Waals surface area contributed by atoms with Crippen LogP contribution in [-0.4, -0.2) is 43.2 Å². The van der Waals surface area contributed by atoms with Crippen LogP contribution < -0.4 is 5.73 Å². The van der Waals surface area contributed by atoms with Crippen LogP contribution in [0.1, 0.15) is 14.5 Å². The van der Waals surface area contributed by atoms with Crippen molar-refractivity contribution in [1.29, 1.82) is 0 Å². The molecular weight excluding hydrogens is 260 g/mol. The number of morpholine rings is 1. The van der Waals surface area contributed by atoms with Crippen molar-refractivity contribution in [2.45, 2.75) is 13.0 Å². The van der Waals surface area contributed by atoms with Crippen LogP contribution in [0.3, 0.4) is 0 Å². The Morgan fingerprint density at radius 2 is 2.41 bits per heavy atom. The van der Waals surface area contributed by atoms with Gasteiger partial charge in [-0.3, -0.25) is 4.79 Å². The predicted molar refractivity (Wildman–Crippen MR) is 71.0 cm³/mol. The van der Waals surface area contributed by atoms with E-state index in [1.807, 2.05) is 24.0 Å². The fourth-order valence-corrected chi connectivity index (χ4v) is 2.59. The molecule has 4 nitrogen and oxygen atoms in total. The van der Waals surface area contributed by atoms with E-state index in [2.05, 4.69) is 0 Å². The molecule has 6 heteroatoms. The van der Waals surface area contributed by atoms with Gasteiger partial charge in [-0.1, -0.05) is 0 Å². The minimum Gasteiger partial charge on any atom is -0.373 e. The van der Waals surface area contributed by atoms with Crippen molar-refractivity contribution in [3.63, 3.8) is 0 Å². The van der Waals surface area contributed by atoms with Crippen LogP contribution in [0.2, 0.25) is 0 Å². The van der Waals surface area contributed by atoms with Gasteiger partial charge in [-0.25, -0.2) is 0 Å². The smallest absolute Gasteiger partial charge is 0.264 e. The van der Waals surface area contributed by atoms with E-state index in [1.165, 1.54) is 11.3 Å². The number of nitrogens with two attached hydrogens (primary N) is 1.